The second kappa shape index (κ2) is 4.46. The molecule has 7 heteroatoms. The first-order valence-corrected chi connectivity index (χ1v) is 5.65. The molecule has 0 radical (unpaired) electrons. The minimum absolute atomic E-state index is 0.0140. The number of aromatic nitrogens is 3. The van der Waals surface area contributed by atoms with Crippen molar-refractivity contribution in [2.24, 2.45) is 0 Å². The molecule has 0 fully saturated rings. The number of nitrogens with zero attached hydrogens (tertiary/aromatic N) is 3. The Hall–Kier alpha value is -2.02. The maximum Gasteiger partial charge on any atom is 0.365 e. The average molecular weight is 251 g/mol. The van der Waals surface area contributed by atoms with Gasteiger partial charge in [-0.3, -0.25) is 4.79 Å². The van der Waals surface area contributed by atoms with E-state index < -0.39 is 5.97 Å². The number of thiazole rings is 1. The molecule has 0 amide bonds. The van der Waals surface area contributed by atoms with Crippen LogP contribution in [0.15, 0.2) is 22.4 Å². The van der Waals surface area contributed by atoms with E-state index in [0.717, 1.165) is 16.9 Å². The highest BCUT2D eigenvalue weighted by molar-refractivity contribution is 7.11. The molecule has 2 aromatic rings. The summed E-state index contributed by atoms with van der Waals surface area (Å²) in [5.41, 5.74) is 1.08. The monoisotopic (exact) mass is 251 g/mol. The molecule has 0 spiro atoms. The van der Waals surface area contributed by atoms with Gasteiger partial charge in [-0.15, -0.1) is 11.3 Å². The van der Waals surface area contributed by atoms with Gasteiger partial charge in [0.2, 0.25) is 5.01 Å². The SMILES string of the molecule is Cc1cnn(Cc2csc(C(=O)O)n2)c(=O)c1. The van der Waals surface area contributed by atoms with Crippen molar-refractivity contribution in [2.75, 3.05) is 0 Å². The Morgan fingerprint density at radius 2 is 2.35 bits per heavy atom. The molecule has 0 aliphatic heterocycles. The second-order valence-corrected chi connectivity index (χ2v) is 4.34. The van der Waals surface area contributed by atoms with E-state index in [0.29, 0.717) is 5.69 Å². The molecule has 0 unspecified atom stereocenters. The lowest BCUT2D eigenvalue weighted by atomic mass is 10.3. The summed E-state index contributed by atoms with van der Waals surface area (Å²) in [4.78, 5) is 26.1. The van der Waals surface area contributed by atoms with Gasteiger partial charge in [0.1, 0.15) is 0 Å². The zero-order valence-electron chi connectivity index (χ0n) is 8.95. The predicted octanol–water partition coefficient (Wildman–Crippen LogP) is 0.755. The van der Waals surface area contributed by atoms with Crippen molar-refractivity contribution >= 4 is 17.3 Å². The standard InChI is InChI=1S/C10H9N3O3S/c1-6-2-8(14)13(11-3-6)4-7-5-17-9(12-7)10(15)16/h2-3,5H,4H2,1H3,(H,15,16). The summed E-state index contributed by atoms with van der Waals surface area (Å²) in [6.07, 6.45) is 1.58. The van der Waals surface area contributed by atoms with Gasteiger partial charge in [0, 0.05) is 11.4 Å². The molecule has 0 atom stereocenters. The Bertz CT molecular complexity index is 617. The first-order chi connectivity index (χ1) is 8.06. The number of rotatable bonds is 3. The van der Waals surface area contributed by atoms with Crippen molar-refractivity contribution in [2.45, 2.75) is 13.5 Å². The Morgan fingerprint density at radius 1 is 1.59 bits per heavy atom. The van der Waals surface area contributed by atoms with E-state index >= 15 is 0 Å². The first-order valence-electron chi connectivity index (χ1n) is 4.78. The highest BCUT2D eigenvalue weighted by Crippen LogP contribution is 2.09. The molecule has 0 aliphatic rings. The van der Waals surface area contributed by atoms with Crippen molar-refractivity contribution in [3.63, 3.8) is 0 Å². The summed E-state index contributed by atoms with van der Waals surface area (Å²) in [6, 6.07) is 1.47. The summed E-state index contributed by atoms with van der Waals surface area (Å²) in [5.74, 6) is -1.06. The second-order valence-electron chi connectivity index (χ2n) is 3.48. The quantitative estimate of drug-likeness (QED) is 0.870. The lowest BCUT2D eigenvalue weighted by Crippen LogP contribution is -2.22. The van der Waals surface area contributed by atoms with Crippen molar-refractivity contribution in [3.05, 3.63) is 44.3 Å². The number of aromatic carboxylic acids is 1. The maximum absolute atomic E-state index is 11.5. The van der Waals surface area contributed by atoms with Crippen molar-refractivity contribution in [1.82, 2.24) is 14.8 Å². The van der Waals surface area contributed by atoms with Crippen LogP contribution in [0.25, 0.3) is 0 Å². The zero-order chi connectivity index (χ0) is 12.4. The third-order valence-electron chi connectivity index (χ3n) is 2.05. The van der Waals surface area contributed by atoms with Crippen LogP contribution in [0.1, 0.15) is 21.1 Å². The molecular weight excluding hydrogens is 242 g/mol. The third kappa shape index (κ3) is 2.56. The number of hydrogen-bond donors (Lipinski definition) is 1. The van der Waals surface area contributed by atoms with Crippen LogP contribution >= 0.6 is 11.3 Å². The van der Waals surface area contributed by atoms with Crippen molar-refractivity contribution < 1.29 is 9.90 Å². The van der Waals surface area contributed by atoms with Crippen molar-refractivity contribution in [3.8, 4) is 0 Å². The maximum atomic E-state index is 11.5. The van der Waals surface area contributed by atoms with Gasteiger partial charge in [-0.1, -0.05) is 0 Å². The smallest absolute Gasteiger partial charge is 0.365 e. The van der Waals surface area contributed by atoms with Crippen LogP contribution in [-0.2, 0) is 6.54 Å². The molecule has 17 heavy (non-hydrogen) atoms. The fourth-order valence-corrected chi connectivity index (χ4v) is 1.92. The molecule has 2 aromatic heterocycles. The lowest BCUT2D eigenvalue weighted by molar-refractivity contribution is 0.0696. The molecule has 0 aromatic carbocycles. The van der Waals surface area contributed by atoms with Gasteiger partial charge in [0.05, 0.1) is 18.4 Å². The van der Waals surface area contributed by atoms with Crippen LogP contribution in [0.4, 0.5) is 0 Å². The molecule has 88 valence electrons. The van der Waals surface area contributed by atoms with E-state index in [1.165, 1.54) is 10.7 Å². The van der Waals surface area contributed by atoms with Crippen LogP contribution in [-0.4, -0.2) is 25.8 Å². The van der Waals surface area contributed by atoms with Gasteiger partial charge in [-0.25, -0.2) is 14.5 Å². The Labute approximate surface area is 100 Å². The van der Waals surface area contributed by atoms with Crippen LogP contribution in [0.2, 0.25) is 0 Å². The number of carbonyl (C=O) groups is 1. The van der Waals surface area contributed by atoms with Gasteiger partial charge in [-0.05, 0) is 12.5 Å². The molecule has 2 heterocycles. The van der Waals surface area contributed by atoms with Gasteiger partial charge in [0.15, 0.2) is 0 Å². The van der Waals surface area contributed by atoms with Crippen LogP contribution in [0.5, 0.6) is 0 Å². The molecule has 6 nitrogen and oxygen atoms in total. The predicted molar refractivity (Wildman–Crippen MR) is 61.4 cm³/mol. The highest BCUT2D eigenvalue weighted by Gasteiger charge is 2.09. The van der Waals surface area contributed by atoms with Gasteiger partial charge in [-0.2, -0.15) is 5.10 Å². The first kappa shape index (κ1) is 11.5. The molecule has 0 aliphatic carbocycles. The van der Waals surface area contributed by atoms with Gasteiger partial charge >= 0.3 is 5.97 Å². The van der Waals surface area contributed by atoms with Crippen LogP contribution in [0.3, 0.4) is 0 Å². The van der Waals surface area contributed by atoms with Crippen molar-refractivity contribution in [1.29, 1.82) is 0 Å². The molecule has 0 saturated heterocycles. The van der Waals surface area contributed by atoms with E-state index in [1.54, 1.807) is 18.5 Å². The van der Waals surface area contributed by atoms with E-state index in [2.05, 4.69) is 10.1 Å². The average Bonchev–Trinajstić information content (AvgIpc) is 2.71. The lowest BCUT2D eigenvalue weighted by Gasteiger charge is -2.01. The van der Waals surface area contributed by atoms with E-state index in [-0.39, 0.29) is 17.1 Å². The van der Waals surface area contributed by atoms with Crippen LogP contribution in [0, 0.1) is 6.92 Å². The summed E-state index contributed by atoms with van der Waals surface area (Å²) in [7, 11) is 0. The minimum atomic E-state index is -1.06. The summed E-state index contributed by atoms with van der Waals surface area (Å²) in [5, 5.41) is 14.3. The fourth-order valence-electron chi connectivity index (χ4n) is 1.27. The summed E-state index contributed by atoms with van der Waals surface area (Å²) >= 11 is 1.03. The van der Waals surface area contributed by atoms with Gasteiger partial charge < -0.3 is 5.11 Å². The Kier molecular flexibility index (Phi) is 3.01. The molecular formula is C10H9N3O3S. The minimum Gasteiger partial charge on any atom is -0.476 e. The van der Waals surface area contributed by atoms with E-state index in [1.807, 2.05) is 0 Å². The van der Waals surface area contributed by atoms with E-state index in [4.69, 9.17) is 5.11 Å². The van der Waals surface area contributed by atoms with Crippen LogP contribution < -0.4 is 5.56 Å². The highest BCUT2D eigenvalue weighted by atomic mass is 32.1. The number of hydrogen-bond acceptors (Lipinski definition) is 5. The normalized spacial score (nSPS) is 10.4. The zero-order valence-corrected chi connectivity index (χ0v) is 9.77. The molecule has 0 bridgehead atoms. The third-order valence-corrected chi connectivity index (χ3v) is 2.93. The Balaban J connectivity index is 2.25. The number of aryl methyl sites for hydroxylation is 1. The summed E-state index contributed by atoms with van der Waals surface area (Å²) in [6.45, 7) is 1.97. The molecule has 2 rings (SSSR count). The molecule has 1 N–H and O–H groups in total. The number of carboxylic acids is 1. The topological polar surface area (TPSA) is 85.1 Å². The Morgan fingerprint density at radius 3 is 2.94 bits per heavy atom. The molecule has 0 saturated carbocycles. The van der Waals surface area contributed by atoms with E-state index in [9.17, 15) is 9.59 Å². The summed E-state index contributed by atoms with van der Waals surface area (Å²) < 4.78 is 1.24. The fraction of sp³-hybridized carbons (Fsp3) is 0.200. The number of carboxylic acid groups (broad SMARTS) is 1. The van der Waals surface area contributed by atoms with Gasteiger partial charge in [0.25, 0.3) is 5.56 Å². The largest absolute Gasteiger partial charge is 0.476 e.